The van der Waals surface area contributed by atoms with E-state index in [0.717, 1.165) is 0 Å². The van der Waals surface area contributed by atoms with Crippen LogP contribution in [0, 0.1) is 5.82 Å². The van der Waals surface area contributed by atoms with Crippen molar-refractivity contribution in [3.63, 3.8) is 0 Å². The molecule has 0 aliphatic carbocycles. The van der Waals surface area contributed by atoms with Crippen LogP contribution in [0.5, 0.6) is 0 Å². The van der Waals surface area contributed by atoms with Crippen LogP contribution in [0.2, 0.25) is 0 Å². The lowest BCUT2D eigenvalue weighted by molar-refractivity contribution is -0.115. The molecule has 6 nitrogen and oxygen atoms in total. The number of urea groups is 1. The number of carbonyl (C=O) groups is 3. The van der Waals surface area contributed by atoms with Gasteiger partial charge in [-0.3, -0.25) is 9.59 Å². The van der Waals surface area contributed by atoms with E-state index in [1.54, 1.807) is 24.3 Å². The van der Waals surface area contributed by atoms with E-state index < -0.39 is 17.8 Å². The number of hydrogen-bond donors (Lipinski definition) is 3. The minimum absolute atomic E-state index is 0.113. The van der Waals surface area contributed by atoms with Crippen molar-refractivity contribution in [3.8, 4) is 0 Å². The van der Waals surface area contributed by atoms with Crippen LogP contribution in [-0.4, -0.2) is 24.3 Å². The molecule has 0 saturated carbocycles. The Kier molecular flexibility index (Phi) is 5.62. The number of amides is 3. The van der Waals surface area contributed by atoms with Gasteiger partial charge in [0.2, 0.25) is 5.91 Å². The quantitative estimate of drug-likeness (QED) is 0.737. The summed E-state index contributed by atoms with van der Waals surface area (Å²) in [4.78, 5) is 34.8. The molecule has 24 heavy (non-hydrogen) atoms. The lowest BCUT2D eigenvalue weighted by Crippen LogP contribution is -2.35. The molecule has 3 amide bonds. The number of benzene rings is 2. The molecule has 0 saturated heterocycles. The van der Waals surface area contributed by atoms with E-state index in [9.17, 15) is 18.8 Å². The first-order valence-electron chi connectivity index (χ1n) is 7.15. The van der Waals surface area contributed by atoms with Crippen molar-refractivity contribution < 1.29 is 18.8 Å². The van der Waals surface area contributed by atoms with Crippen LogP contribution >= 0.6 is 0 Å². The molecule has 0 aliphatic rings. The fraction of sp³-hybridized carbons (Fsp3) is 0.118. The smallest absolute Gasteiger partial charge is 0.319 e. The summed E-state index contributed by atoms with van der Waals surface area (Å²) in [6.45, 7) is 1.18. The van der Waals surface area contributed by atoms with Crippen LogP contribution in [0.3, 0.4) is 0 Å². The summed E-state index contributed by atoms with van der Waals surface area (Å²) in [5.41, 5.74) is 1.35. The number of halogens is 1. The molecule has 0 atom stereocenters. The fourth-order valence-electron chi connectivity index (χ4n) is 1.89. The molecule has 2 aromatic carbocycles. The lowest BCUT2D eigenvalue weighted by Gasteiger charge is -2.09. The highest BCUT2D eigenvalue weighted by atomic mass is 19.1. The second kappa shape index (κ2) is 7.87. The van der Waals surface area contributed by atoms with Crippen molar-refractivity contribution in [2.45, 2.75) is 6.92 Å². The van der Waals surface area contributed by atoms with Gasteiger partial charge in [-0.15, -0.1) is 0 Å². The third-order valence-electron chi connectivity index (χ3n) is 3.06. The van der Waals surface area contributed by atoms with Crippen molar-refractivity contribution in [1.29, 1.82) is 0 Å². The number of Topliss-reactive ketones (excluding diaryl/α,β-unsaturated/α-hetero) is 1. The molecule has 0 unspecified atom stereocenters. The highest BCUT2D eigenvalue weighted by molar-refractivity contribution is 5.98. The van der Waals surface area contributed by atoms with Crippen molar-refractivity contribution in [3.05, 3.63) is 59.9 Å². The van der Waals surface area contributed by atoms with Crippen molar-refractivity contribution >= 4 is 29.1 Å². The second-order valence-electron chi connectivity index (χ2n) is 5.00. The Labute approximate surface area is 138 Å². The average Bonchev–Trinajstić information content (AvgIpc) is 2.55. The SMILES string of the molecule is CC(=O)c1cccc(NC(=O)NCC(=O)Nc2ccc(F)cc2)c1. The minimum atomic E-state index is -0.579. The van der Waals surface area contributed by atoms with E-state index in [1.165, 1.54) is 31.2 Å². The predicted octanol–water partition coefficient (Wildman–Crippen LogP) is 2.79. The first-order chi connectivity index (χ1) is 11.4. The molecule has 2 aromatic rings. The normalized spacial score (nSPS) is 9.92. The fourth-order valence-corrected chi connectivity index (χ4v) is 1.89. The van der Waals surface area contributed by atoms with Gasteiger partial charge in [0.15, 0.2) is 5.78 Å². The van der Waals surface area contributed by atoms with E-state index in [0.29, 0.717) is 16.9 Å². The van der Waals surface area contributed by atoms with Gasteiger partial charge in [0, 0.05) is 16.9 Å². The van der Waals surface area contributed by atoms with Crippen molar-refractivity contribution in [1.82, 2.24) is 5.32 Å². The summed E-state index contributed by atoms with van der Waals surface area (Å²) in [7, 11) is 0. The average molecular weight is 329 g/mol. The zero-order chi connectivity index (χ0) is 17.5. The Hall–Kier alpha value is -3.22. The molecule has 0 spiro atoms. The Morgan fingerprint density at radius 3 is 2.33 bits per heavy atom. The molecule has 7 heteroatoms. The molecule has 0 radical (unpaired) electrons. The molecule has 3 N–H and O–H groups in total. The molecular weight excluding hydrogens is 313 g/mol. The Morgan fingerprint density at radius 2 is 1.67 bits per heavy atom. The summed E-state index contributed by atoms with van der Waals surface area (Å²) in [5.74, 6) is -0.967. The largest absolute Gasteiger partial charge is 0.329 e. The van der Waals surface area contributed by atoms with Gasteiger partial charge in [-0.05, 0) is 43.3 Å². The van der Waals surface area contributed by atoms with E-state index in [-0.39, 0.29) is 12.3 Å². The lowest BCUT2D eigenvalue weighted by atomic mass is 10.1. The van der Waals surface area contributed by atoms with E-state index in [4.69, 9.17) is 0 Å². The van der Waals surface area contributed by atoms with E-state index >= 15 is 0 Å². The third-order valence-corrected chi connectivity index (χ3v) is 3.06. The molecule has 0 bridgehead atoms. The number of anilines is 2. The molecule has 0 fully saturated rings. The number of nitrogens with one attached hydrogen (secondary N) is 3. The first-order valence-corrected chi connectivity index (χ1v) is 7.15. The zero-order valence-electron chi connectivity index (χ0n) is 12.9. The van der Waals surface area contributed by atoms with Gasteiger partial charge in [0.1, 0.15) is 5.82 Å². The number of ketones is 1. The van der Waals surface area contributed by atoms with Gasteiger partial charge in [0.25, 0.3) is 0 Å². The van der Waals surface area contributed by atoms with Crippen molar-refractivity contribution in [2.24, 2.45) is 0 Å². The highest BCUT2D eigenvalue weighted by Crippen LogP contribution is 2.11. The highest BCUT2D eigenvalue weighted by Gasteiger charge is 2.07. The molecule has 124 valence electrons. The number of rotatable bonds is 5. The Balaban J connectivity index is 1.82. The van der Waals surface area contributed by atoms with E-state index in [1.807, 2.05) is 0 Å². The van der Waals surface area contributed by atoms with Gasteiger partial charge in [-0.2, -0.15) is 0 Å². The minimum Gasteiger partial charge on any atom is -0.329 e. The third kappa shape index (κ3) is 5.20. The van der Waals surface area contributed by atoms with Crippen LogP contribution in [0.1, 0.15) is 17.3 Å². The Morgan fingerprint density at radius 1 is 0.958 bits per heavy atom. The maximum atomic E-state index is 12.8. The van der Waals surface area contributed by atoms with E-state index in [2.05, 4.69) is 16.0 Å². The first kappa shape index (κ1) is 17.1. The number of hydrogen-bond acceptors (Lipinski definition) is 3. The Bertz CT molecular complexity index is 760. The summed E-state index contributed by atoms with van der Waals surface area (Å²) in [6, 6.07) is 11.2. The van der Waals surface area contributed by atoms with Crippen molar-refractivity contribution in [2.75, 3.05) is 17.2 Å². The maximum Gasteiger partial charge on any atom is 0.319 e. The molecule has 0 heterocycles. The van der Waals surface area contributed by atoms with Crippen LogP contribution in [0.4, 0.5) is 20.6 Å². The van der Waals surface area contributed by atoms with Crippen LogP contribution in [0.15, 0.2) is 48.5 Å². The van der Waals surface area contributed by atoms with Gasteiger partial charge < -0.3 is 16.0 Å². The molecule has 0 aliphatic heterocycles. The summed E-state index contributed by atoms with van der Waals surface area (Å²) < 4.78 is 12.8. The van der Waals surface area contributed by atoms with Crippen LogP contribution in [0.25, 0.3) is 0 Å². The zero-order valence-corrected chi connectivity index (χ0v) is 12.9. The van der Waals surface area contributed by atoms with Crippen LogP contribution < -0.4 is 16.0 Å². The number of carbonyl (C=O) groups excluding carboxylic acids is 3. The monoisotopic (exact) mass is 329 g/mol. The van der Waals surface area contributed by atoms with Gasteiger partial charge in [-0.1, -0.05) is 12.1 Å². The van der Waals surface area contributed by atoms with Gasteiger partial charge >= 0.3 is 6.03 Å². The second-order valence-corrected chi connectivity index (χ2v) is 5.00. The molecule has 2 rings (SSSR count). The maximum absolute atomic E-state index is 12.8. The topological polar surface area (TPSA) is 87.3 Å². The standard InChI is InChI=1S/C17H16FN3O3/c1-11(22)12-3-2-4-15(9-12)21-17(24)19-10-16(23)20-14-7-5-13(18)6-8-14/h2-9H,10H2,1H3,(H,20,23)(H2,19,21,24). The van der Waals surface area contributed by atoms with Crippen LogP contribution in [-0.2, 0) is 4.79 Å². The molecule has 0 aromatic heterocycles. The predicted molar refractivity (Wildman–Crippen MR) is 88.5 cm³/mol. The van der Waals surface area contributed by atoms with Gasteiger partial charge in [0.05, 0.1) is 6.54 Å². The van der Waals surface area contributed by atoms with Gasteiger partial charge in [-0.25, -0.2) is 9.18 Å². The summed E-state index contributed by atoms with van der Waals surface area (Å²) in [5, 5.41) is 7.44. The summed E-state index contributed by atoms with van der Waals surface area (Å²) in [6.07, 6.45) is 0. The molecular formula is C17H16FN3O3. The summed E-state index contributed by atoms with van der Waals surface area (Å²) >= 11 is 0.